The zero-order chi connectivity index (χ0) is 34.7. The second-order valence-corrected chi connectivity index (χ2v) is 14.7. The van der Waals surface area contributed by atoms with Gasteiger partial charge in [0.25, 0.3) is 5.91 Å². The van der Waals surface area contributed by atoms with E-state index in [4.69, 9.17) is 14.2 Å². The van der Waals surface area contributed by atoms with Gasteiger partial charge in [-0.25, -0.2) is 13.2 Å². The number of ether oxygens (including phenoxy) is 3. The molecule has 13 heteroatoms. The Morgan fingerprint density at radius 2 is 1.67 bits per heavy atom. The molecule has 0 saturated carbocycles. The summed E-state index contributed by atoms with van der Waals surface area (Å²) in [5, 5.41) is 8.17. The van der Waals surface area contributed by atoms with E-state index in [0.29, 0.717) is 65.5 Å². The van der Waals surface area contributed by atoms with Crippen molar-refractivity contribution in [3.63, 3.8) is 0 Å². The predicted molar refractivity (Wildman–Crippen MR) is 182 cm³/mol. The van der Waals surface area contributed by atoms with Crippen LogP contribution in [0, 0.1) is 0 Å². The average Bonchev–Trinajstić information content (AvgIpc) is 3.58. The summed E-state index contributed by atoms with van der Waals surface area (Å²) in [7, 11) is 0.509. The van der Waals surface area contributed by atoms with Gasteiger partial charge < -0.3 is 29.7 Å². The van der Waals surface area contributed by atoms with Crippen molar-refractivity contribution in [2.45, 2.75) is 61.8 Å². The van der Waals surface area contributed by atoms with Crippen LogP contribution in [0.2, 0.25) is 0 Å². The van der Waals surface area contributed by atoms with Crippen LogP contribution in [0.4, 0.5) is 16.2 Å². The Labute approximate surface area is 281 Å². The highest BCUT2D eigenvalue weighted by atomic mass is 32.2. The largest absolute Gasteiger partial charge is 0.493 e. The lowest BCUT2D eigenvalue weighted by Crippen LogP contribution is -2.38. The standard InChI is InChI=1S/C35H42N4O8S/c1-20(2)48(43,44)31-14-11-24(38-35(42)47-6)18-27(31)28-8-7-15-39(28)34(41)32(22-9-13-29(45-4)30(16-22)46-5)37-23-10-12-25-21(3)19-36-33(40)26(25)17-23/h9-14,16-18,20-21,28,32,37H,7-8,15,19H2,1-6H3,(H,36,40)(H,38,42)/t21-,28-,32-/m1/s1. The first kappa shape index (κ1) is 34.6. The molecule has 0 radical (unpaired) electrons. The van der Waals surface area contributed by atoms with E-state index in [-0.39, 0.29) is 22.6 Å². The Morgan fingerprint density at radius 3 is 2.35 bits per heavy atom. The van der Waals surface area contributed by atoms with Crippen LogP contribution in [0.5, 0.6) is 11.5 Å². The monoisotopic (exact) mass is 678 g/mol. The number of anilines is 2. The fraction of sp³-hybridized carbons (Fsp3) is 0.400. The molecule has 0 bridgehead atoms. The predicted octanol–water partition coefficient (Wildman–Crippen LogP) is 5.43. The number of benzene rings is 3. The van der Waals surface area contributed by atoms with Crippen LogP contribution in [-0.2, 0) is 19.4 Å². The first-order valence-corrected chi connectivity index (χ1v) is 17.4. The van der Waals surface area contributed by atoms with E-state index < -0.39 is 33.3 Å². The molecule has 12 nitrogen and oxygen atoms in total. The van der Waals surface area contributed by atoms with E-state index in [0.717, 1.165) is 5.56 Å². The van der Waals surface area contributed by atoms with E-state index in [1.165, 1.54) is 33.5 Å². The van der Waals surface area contributed by atoms with Gasteiger partial charge in [0.15, 0.2) is 21.3 Å². The van der Waals surface area contributed by atoms with Crippen molar-refractivity contribution < 1.29 is 37.0 Å². The maximum absolute atomic E-state index is 14.8. The highest BCUT2D eigenvalue weighted by molar-refractivity contribution is 7.92. The van der Waals surface area contributed by atoms with Gasteiger partial charge in [-0.2, -0.15) is 0 Å². The number of nitrogens with zero attached hydrogens (tertiary/aromatic N) is 1. The third-order valence-electron chi connectivity index (χ3n) is 8.96. The van der Waals surface area contributed by atoms with Gasteiger partial charge in [-0.15, -0.1) is 0 Å². The molecule has 1 fully saturated rings. The number of methoxy groups -OCH3 is 3. The fourth-order valence-electron chi connectivity index (χ4n) is 6.30. The summed E-state index contributed by atoms with van der Waals surface area (Å²) in [6, 6.07) is 13.7. The number of fused-ring (bicyclic) bond motifs is 1. The van der Waals surface area contributed by atoms with Crippen molar-refractivity contribution in [2.75, 3.05) is 45.1 Å². The van der Waals surface area contributed by atoms with Crippen molar-refractivity contribution in [1.82, 2.24) is 10.2 Å². The molecule has 0 spiro atoms. The van der Waals surface area contributed by atoms with Crippen LogP contribution in [-0.4, -0.2) is 70.9 Å². The second kappa shape index (κ2) is 14.1. The third kappa shape index (κ3) is 6.77. The molecule has 3 atom stereocenters. The van der Waals surface area contributed by atoms with Gasteiger partial charge in [0, 0.05) is 30.0 Å². The lowest BCUT2D eigenvalue weighted by atomic mass is 9.91. The topological polar surface area (TPSA) is 152 Å². The zero-order valence-corrected chi connectivity index (χ0v) is 28.8. The highest BCUT2D eigenvalue weighted by Gasteiger charge is 2.38. The number of carbonyl (C=O) groups is 3. The van der Waals surface area contributed by atoms with Crippen LogP contribution >= 0.6 is 0 Å². The number of hydrogen-bond donors (Lipinski definition) is 3. The van der Waals surface area contributed by atoms with Crippen LogP contribution < -0.4 is 25.4 Å². The van der Waals surface area contributed by atoms with Crippen LogP contribution in [0.15, 0.2) is 59.5 Å². The average molecular weight is 679 g/mol. The molecular weight excluding hydrogens is 636 g/mol. The SMILES string of the molecule is COC(=O)Nc1ccc(S(=O)(=O)C(C)C)c([C@H]2CCCN2C(=O)[C@H](Nc2ccc3c(c2)C(=O)NC[C@H]3C)c2ccc(OC)c(OC)c2)c1. The minimum absolute atomic E-state index is 0.100. The summed E-state index contributed by atoms with van der Waals surface area (Å²) in [4.78, 5) is 41.4. The third-order valence-corrected chi connectivity index (χ3v) is 11.2. The smallest absolute Gasteiger partial charge is 0.411 e. The van der Waals surface area contributed by atoms with E-state index in [2.05, 4.69) is 16.0 Å². The van der Waals surface area contributed by atoms with E-state index in [1.807, 2.05) is 19.1 Å². The first-order chi connectivity index (χ1) is 22.9. The van der Waals surface area contributed by atoms with Crippen molar-refractivity contribution in [2.24, 2.45) is 0 Å². The minimum atomic E-state index is -3.77. The first-order valence-electron chi connectivity index (χ1n) is 15.8. The molecule has 48 heavy (non-hydrogen) atoms. The number of rotatable bonds is 10. The Hall–Kier alpha value is -4.78. The Morgan fingerprint density at radius 1 is 0.938 bits per heavy atom. The molecule has 0 aromatic heterocycles. The van der Waals surface area contributed by atoms with Crippen molar-refractivity contribution in [3.05, 3.63) is 76.9 Å². The lowest BCUT2D eigenvalue weighted by Gasteiger charge is -2.32. The van der Waals surface area contributed by atoms with Crippen molar-refractivity contribution in [3.8, 4) is 11.5 Å². The van der Waals surface area contributed by atoms with E-state index in [1.54, 1.807) is 49.1 Å². The van der Waals surface area contributed by atoms with Crippen molar-refractivity contribution >= 4 is 39.1 Å². The number of amides is 3. The minimum Gasteiger partial charge on any atom is -0.493 e. The summed E-state index contributed by atoms with van der Waals surface area (Å²) in [6.07, 6.45) is 0.427. The molecule has 1 saturated heterocycles. The van der Waals surface area contributed by atoms with Gasteiger partial charge in [0.2, 0.25) is 5.91 Å². The molecule has 2 aliphatic rings. The summed E-state index contributed by atoms with van der Waals surface area (Å²) >= 11 is 0. The number of sulfone groups is 1. The van der Waals surface area contributed by atoms with Crippen LogP contribution in [0.3, 0.4) is 0 Å². The molecular formula is C35H42N4O8S. The Bertz CT molecular complexity index is 1830. The van der Waals surface area contributed by atoms with Gasteiger partial charge in [0.05, 0.1) is 37.5 Å². The van der Waals surface area contributed by atoms with Gasteiger partial charge in [-0.3, -0.25) is 14.9 Å². The number of nitrogens with one attached hydrogen (secondary N) is 3. The molecule has 0 aliphatic carbocycles. The lowest BCUT2D eigenvalue weighted by molar-refractivity contribution is -0.133. The normalized spacial score (nSPS) is 18.1. The molecule has 256 valence electrons. The molecule has 5 rings (SSSR count). The fourth-order valence-corrected chi connectivity index (χ4v) is 7.59. The second-order valence-electron chi connectivity index (χ2n) is 12.3. The van der Waals surface area contributed by atoms with E-state index in [9.17, 15) is 22.8 Å². The zero-order valence-electron chi connectivity index (χ0n) is 28.0. The summed E-state index contributed by atoms with van der Waals surface area (Å²) in [5.41, 5.74) is 3.36. The summed E-state index contributed by atoms with van der Waals surface area (Å²) in [6.45, 7) is 6.17. The Kier molecular flexibility index (Phi) is 10.2. The van der Waals surface area contributed by atoms with Gasteiger partial charge >= 0.3 is 6.09 Å². The molecule has 3 amide bonds. The van der Waals surface area contributed by atoms with Crippen LogP contribution in [0.1, 0.15) is 78.7 Å². The maximum atomic E-state index is 14.8. The molecule has 2 aliphatic heterocycles. The van der Waals surface area contributed by atoms with Gasteiger partial charge in [0.1, 0.15) is 6.04 Å². The van der Waals surface area contributed by atoms with E-state index >= 15 is 0 Å². The van der Waals surface area contributed by atoms with Crippen molar-refractivity contribution in [1.29, 1.82) is 0 Å². The molecule has 3 N–H and O–H groups in total. The molecule has 2 heterocycles. The summed E-state index contributed by atoms with van der Waals surface area (Å²) < 4.78 is 42.9. The number of carbonyl (C=O) groups excluding carboxylic acids is 3. The molecule has 3 aromatic rings. The van der Waals surface area contributed by atoms with Gasteiger partial charge in [-0.1, -0.05) is 19.1 Å². The Balaban J connectivity index is 1.59. The summed E-state index contributed by atoms with van der Waals surface area (Å²) in [5.74, 6) is 0.572. The highest BCUT2D eigenvalue weighted by Crippen LogP contribution is 2.41. The quantitative estimate of drug-likeness (QED) is 0.255. The maximum Gasteiger partial charge on any atom is 0.411 e. The molecule has 0 unspecified atom stereocenters. The van der Waals surface area contributed by atoms with Crippen LogP contribution in [0.25, 0.3) is 0 Å². The number of hydrogen-bond acceptors (Lipinski definition) is 9. The van der Waals surface area contributed by atoms with Gasteiger partial charge in [-0.05, 0) is 91.8 Å². The molecule has 3 aromatic carbocycles. The number of likely N-dealkylation sites (tertiary alicyclic amines) is 1.